The van der Waals surface area contributed by atoms with Crippen LogP contribution >= 0.6 is 15.9 Å². The zero-order valence-electron chi connectivity index (χ0n) is 28.1. The summed E-state index contributed by atoms with van der Waals surface area (Å²) in [5, 5.41) is 13.6. The molecule has 0 aliphatic carbocycles. The molecule has 3 aliphatic heterocycles. The molecule has 3 amide bonds. The Kier molecular flexibility index (Phi) is 11.8. The summed E-state index contributed by atoms with van der Waals surface area (Å²) in [6.07, 6.45) is 3.12. The lowest BCUT2D eigenvalue weighted by atomic mass is 9.70. The number of alkyl halides is 1. The molecule has 1 spiro atoms. The molecule has 10 nitrogen and oxygen atoms in total. The van der Waals surface area contributed by atoms with Gasteiger partial charge < -0.3 is 29.7 Å². The summed E-state index contributed by atoms with van der Waals surface area (Å²) in [5.74, 6) is -3.65. The number of hydrogen-bond donors (Lipinski definition) is 2. The highest BCUT2D eigenvalue weighted by Crippen LogP contribution is 2.61. The quantitative estimate of drug-likeness (QED) is 0.151. The number of nitrogens with zero attached hydrogens (tertiary/aromatic N) is 2. The highest BCUT2D eigenvalue weighted by molar-refractivity contribution is 9.09. The zero-order chi connectivity index (χ0) is 35.3. The van der Waals surface area contributed by atoms with Crippen molar-refractivity contribution in [1.29, 1.82) is 0 Å². The largest absolute Gasteiger partial charge is 0.455 e. The number of aliphatic hydroxyl groups is 1. The molecule has 0 aromatic heterocycles. The molecule has 2 N–H and O–H groups in total. The van der Waals surface area contributed by atoms with Crippen molar-refractivity contribution in [3.8, 4) is 0 Å². The first kappa shape index (κ1) is 36.5. The summed E-state index contributed by atoms with van der Waals surface area (Å²) in [7, 11) is 0. The second-order valence-electron chi connectivity index (χ2n) is 13.3. The third-order valence-corrected chi connectivity index (χ3v) is 10.7. The number of esters is 1. The fourth-order valence-electron chi connectivity index (χ4n) is 7.64. The third-order valence-electron chi connectivity index (χ3n) is 9.87. The van der Waals surface area contributed by atoms with Crippen LogP contribution in [0.3, 0.4) is 0 Å². The van der Waals surface area contributed by atoms with E-state index in [0.29, 0.717) is 24.8 Å². The topological polar surface area (TPSA) is 125 Å². The molecule has 3 aliphatic rings. The first-order valence-corrected chi connectivity index (χ1v) is 17.8. The minimum atomic E-state index is -1.34. The summed E-state index contributed by atoms with van der Waals surface area (Å²) in [4.78, 5) is 59.0. The van der Waals surface area contributed by atoms with E-state index in [1.54, 1.807) is 17.1 Å². The van der Waals surface area contributed by atoms with E-state index in [0.717, 1.165) is 5.56 Å². The van der Waals surface area contributed by atoms with Crippen molar-refractivity contribution in [2.75, 3.05) is 19.7 Å². The number of hydrogen-bond acceptors (Lipinski definition) is 7. The van der Waals surface area contributed by atoms with E-state index >= 15 is 0 Å². The Morgan fingerprint density at radius 2 is 1.80 bits per heavy atom. The molecule has 5 rings (SSSR count). The van der Waals surface area contributed by atoms with Crippen LogP contribution in [0.1, 0.15) is 50.3 Å². The summed E-state index contributed by atoms with van der Waals surface area (Å²) < 4.78 is 12.9. The predicted octanol–water partition coefficient (Wildman–Crippen LogP) is 4.13. The molecule has 3 heterocycles. The first-order chi connectivity index (χ1) is 23.6. The number of carbonyl (C=O) groups excluding carboxylic acids is 4. The van der Waals surface area contributed by atoms with Gasteiger partial charge in [-0.25, -0.2) is 0 Å². The zero-order valence-corrected chi connectivity index (χ0v) is 29.7. The Hall–Kier alpha value is -3.80. The Morgan fingerprint density at radius 3 is 2.41 bits per heavy atom. The van der Waals surface area contributed by atoms with Crippen LogP contribution in [-0.4, -0.2) is 93.0 Å². The number of rotatable bonds is 16. The fraction of sp³-hybridized carbons (Fsp3) is 0.474. The van der Waals surface area contributed by atoms with Gasteiger partial charge in [0.25, 0.3) is 0 Å². The average Bonchev–Trinajstić information content (AvgIpc) is 3.70. The van der Waals surface area contributed by atoms with Gasteiger partial charge >= 0.3 is 5.97 Å². The Balaban J connectivity index is 1.51. The van der Waals surface area contributed by atoms with Crippen LogP contribution in [0.2, 0.25) is 0 Å². The number of amides is 3. The van der Waals surface area contributed by atoms with E-state index in [-0.39, 0.29) is 42.2 Å². The highest BCUT2D eigenvalue weighted by atomic mass is 79.9. The summed E-state index contributed by atoms with van der Waals surface area (Å²) in [6.45, 7) is 11.2. The standard InChI is InChI=1S/C38H46BrN3O7/c1-5-7-18-30(44)40-22-29(26-16-12-9-13-17-26)48-37(47)31-32-35(45)42(27(23-43)20-25-14-10-8-11-15-25)34(36(46)41(19-6-2)24(3)4)38(32)21-28(39)33(31)49-38/h5-6,8-17,24,27-29,31-34,43H,1-2,7,18-23H2,3-4H3,(H,40,44)/t27-,28?,29+,31-,32+,33-,34-,38+/m1/s1. The number of halogens is 1. The second-order valence-corrected chi connectivity index (χ2v) is 14.5. The molecule has 8 atom stereocenters. The smallest absolute Gasteiger partial charge is 0.313 e. The molecule has 2 bridgehead atoms. The maximum Gasteiger partial charge on any atom is 0.313 e. The minimum Gasteiger partial charge on any atom is -0.455 e. The molecule has 11 heteroatoms. The van der Waals surface area contributed by atoms with Crippen LogP contribution in [0.4, 0.5) is 0 Å². The van der Waals surface area contributed by atoms with E-state index in [2.05, 4.69) is 34.4 Å². The van der Waals surface area contributed by atoms with Gasteiger partial charge in [0, 0.05) is 23.8 Å². The van der Waals surface area contributed by atoms with Crippen LogP contribution in [0.15, 0.2) is 86.0 Å². The van der Waals surface area contributed by atoms with Crippen molar-refractivity contribution in [3.05, 3.63) is 97.1 Å². The Bertz CT molecular complexity index is 1520. The molecule has 0 radical (unpaired) electrons. The van der Waals surface area contributed by atoms with Gasteiger partial charge in [0.15, 0.2) is 0 Å². The molecule has 2 aromatic carbocycles. The lowest BCUT2D eigenvalue weighted by Crippen LogP contribution is -2.60. The SMILES string of the molecule is C=CCCC(=O)NC[C@H](OC(=O)[C@H]1[C@@H]2O[C@@]3(CC2Br)[C@@H]1C(=O)N([C@@H](CO)Cc1ccccc1)[C@@H]3C(=O)N(CC=C)C(C)C)c1ccccc1. The van der Waals surface area contributed by atoms with Crippen molar-refractivity contribution in [2.24, 2.45) is 11.8 Å². The summed E-state index contributed by atoms with van der Waals surface area (Å²) in [5.41, 5.74) is 0.236. The second kappa shape index (κ2) is 15.8. The molecule has 1 unspecified atom stereocenters. The van der Waals surface area contributed by atoms with E-state index in [9.17, 15) is 24.3 Å². The lowest BCUT2D eigenvalue weighted by Gasteiger charge is -2.40. The molecule has 3 saturated heterocycles. The molecule has 3 fully saturated rings. The van der Waals surface area contributed by atoms with Gasteiger partial charge in [-0.2, -0.15) is 0 Å². The molecule has 2 aromatic rings. The van der Waals surface area contributed by atoms with Gasteiger partial charge in [-0.15, -0.1) is 13.2 Å². The molecular weight excluding hydrogens is 690 g/mol. The number of benzene rings is 2. The Labute approximate surface area is 296 Å². The van der Waals surface area contributed by atoms with Crippen molar-refractivity contribution in [1.82, 2.24) is 15.1 Å². The van der Waals surface area contributed by atoms with Gasteiger partial charge in [0.05, 0.1) is 37.1 Å². The molecule has 262 valence electrons. The molecule has 0 saturated carbocycles. The van der Waals surface area contributed by atoms with E-state index in [1.807, 2.05) is 74.5 Å². The molecular formula is C38H46BrN3O7. The maximum atomic E-state index is 14.8. The number of fused-ring (bicyclic) bond motifs is 1. The fourth-order valence-corrected chi connectivity index (χ4v) is 8.58. The van der Waals surface area contributed by atoms with Crippen LogP contribution in [0, 0.1) is 11.8 Å². The minimum absolute atomic E-state index is 0.0350. The number of aliphatic hydroxyl groups excluding tert-OH is 1. The van der Waals surface area contributed by atoms with Gasteiger partial charge in [-0.05, 0) is 44.2 Å². The predicted molar refractivity (Wildman–Crippen MR) is 188 cm³/mol. The van der Waals surface area contributed by atoms with E-state index < -0.39 is 60.2 Å². The first-order valence-electron chi connectivity index (χ1n) is 16.9. The van der Waals surface area contributed by atoms with Crippen LogP contribution in [-0.2, 0) is 35.1 Å². The maximum absolute atomic E-state index is 14.8. The normalized spacial score (nSPS) is 26.6. The van der Waals surface area contributed by atoms with Crippen molar-refractivity contribution < 1.29 is 33.8 Å². The highest BCUT2D eigenvalue weighted by Gasteiger charge is 2.77. The van der Waals surface area contributed by atoms with Gasteiger partial charge in [-0.1, -0.05) is 88.7 Å². The van der Waals surface area contributed by atoms with Gasteiger partial charge in [0.1, 0.15) is 17.7 Å². The monoisotopic (exact) mass is 735 g/mol. The third kappa shape index (κ3) is 7.25. The van der Waals surface area contributed by atoms with Crippen LogP contribution < -0.4 is 5.32 Å². The molecule has 49 heavy (non-hydrogen) atoms. The summed E-state index contributed by atoms with van der Waals surface area (Å²) in [6, 6.07) is 16.5. The van der Waals surface area contributed by atoms with Crippen LogP contribution in [0.25, 0.3) is 0 Å². The van der Waals surface area contributed by atoms with Crippen molar-refractivity contribution >= 4 is 39.6 Å². The van der Waals surface area contributed by atoms with Crippen molar-refractivity contribution in [3.63, 3.8) is 0 Å². The van der Waals surface area contributed by atoms with Gasteiger partial charge in [-0.3, -0.25) is 19.2 Å². The van der Waals surface area contributed by atoms with Crippen molar-refractivity contribution in [2.45, 2.75) is 80.3 Å². The van der Waals surface area contributed by atoms with E-state index in [1.165, 1.54) is 4.90 Å². The van der Waals surface area contributed by atoms with E-state index in [4.69, 9.17) is 9.47 Å². The number of carbonyl (C=O) groups is 4. The summed E-state index contributed by atoms with van der Waals surface area (Å²) >= 11 is 3.72. The van der Waals surface area contributed by atoms with Crippen LogP contribution in [0.5, 0.6) is 0 Å². The number of nitrogens with one attached hydrogen (secondary N) is 1. The number of ether oxygens (including phenoxy) is 2. The lowest BCUT2D eigenvalue weighted by molar-refractivity contribution is -0.161. The van der Waals surface area contributed by atoms with Gasteiger partial charge in [0.2, 0.25) is 17.7 Å². The Morgan fingerprint density at radius 1 is 1.12 bits per heavy atom. The average molecular weight is 737 g/mol. The number of likely N-dealkylation sites (tertiary alicyclic amines) is 1. The number of allylic oxidation sites excluding steroid dienone is 1.